The number of nitrogens with one attached hydrogen (secondary N) is 1. The molecule has 0 fully saturated rings. The summed E-state index contributed by atoms with van der Waals surface area (Å²) >= 11 is 1.61. The predicted molar refractivity (Wildman–Crippen MR) is 97.6 cm³/mol. The summed E-state index contributed by atoms with van der Waals surface area (Å²) in [6, 6.07) is 16.9. The Morgan fingerprint density at radius 1 is 1.04 bits per heavy atom. The lowest BCUT2D eigenvalue weighted by molar-refractivity contribution is -0.125. The summed E-state index contributed by atoms with van der Waals surface area (Å²) in [7, 11) is 0. The van der Waals surface area contributed by atoms with Gasteiger partial charge in [-0.25, -0.2) is 4.79 Å². The van der Waals surface area contributed by atoms with Crippen LogP contribution in [0.5, 0.6) is 0 Å². The summed E-state index contributed by atoms with van der Waals surface area (Å²) in [5.41, 5.74) is 1.77. The molecule has 2 aromatic carbocycles. The summed E-state index contributed by atoms with van der Waals surface area (Å²) in [6.45, 7) is 1.57. The van der Waals surface area contributed by atoms with Gasteiger partial charge in [0.25, 0.3) is 5.91 Å². The third-order valence-corrected chi connectivity index (χ3v) is 5.14. The number of carbonyl (C=O) groups excluding carboxylic acids is 2. The topological polar surface area (TPSA) is 75.3 Å². The maximum atomic E-state index is 13.1. The van der Waals surface area contributed by atoms with E-state index < -0.39 is 12.1 Å². The molecule has 4 rings (SSSR count). The molecule has 0 saturated carbocycles. The Balaban J connectivity index is 1.66. The maximum Gasteiger partial charge on any atom is 0.357 e. The number of anilines is 2. The van der Waals surface area contributed by atoms with Crippen molar-refractivity contribution in [1.29, 1.82) is 0 Å². The number of aromatic amines is 1. The second-order valence-electron chi connectivity index (χ2n) is 5.73. The lowest BCUT2D eigenvalue weighted by Gasteiger charge is -2.32. The first-order chi connectivity index (χ1) is 12.6. The van der Waals surface area contributed by atoms with E-state index in [1.54, 1.807) is 23.6 Å². The standard InChI is InChI=1S/C19H15N3O3S/c1-12(25-19(24)13-10-11-20-21-13)18(23)22-14-6-2-4-8-16(14)26-17-9-5-3-7-15(17)22/h2-12H,1H3,(H,20,21)/t12-/m0/s1. The quantitative estimate of drug-likeness (QED) is 0.715. The van der Waals surface area contributed by atoms with Crippen LogP contribution in [-0.4, -0.2) is 28.2 Å². The van der Waals surface area contributed by atoms with E-state index in [-0.39, 0.29) is 11.6 Å². The Bertz CT molecular complexity index is 926. The van der Waals surface area contributed by atoms with E-state index in [1.807, 2.05) is 48.5 Å². The Labute approximate surface area is 154 Å². The van der Waals surface area contributed by atoms with Gasteiger partial charge in [0, 0.05) is 16.0 Å². The van der Waals surface area contributed by atoms with Gasteiger partial charge in [0.15, 0.2) is 6.10 Å². The number of hydrogen-bond donors (Lipinski definition) is 1. The highest BCUT2D eigenvalue weighted by Crippen LogP contribution is 2.48. The van der Waals surface area contributed by atoms with Crippen LogP contribution in [0.15, 0.2) is 70.6 Å². The van der Waals surface area contributed by atoms with Gasteiger partial charge in [0.05, 0.1) is 11.4 Å². The molecule has 1 aliphatic heterocycles. The van der Waals surface area contributed by atoms with E-state index in [4.69, 9.17) is 4.74 Å². The van der Waals surface area contributed by atoms with Crippen molar-refractivity contribution in [3.8, 4) is 0 Å². The zero-order chi connectivity index (χ0) is 18.1. The molecule has 0 bridgehead atoms. The third kappa shape index (κ3) is 2.86. The van der Waals surface area contributed by atoms with Crippen molar-refractivity contribution in [1.82, 2.24) is 10.2 Å². The summed E-state index contributed by atoms with van der Waals surface area (Å²) in [4.78, 5) is 28.8. The lowest BCUT2D eigenvalue weighted by Crippen LogP contribution is -2.38. The zero-order valence-corrected chi connectivity index (χ0v) is 14.7. The fourth-order valence-electron chi connectivity index (χ4n) is 2.77. The van der Waals surface area contributed by atoms with E-state index in [2.05, 4.69) is 10.2 Å². The molecule has 26 heavy (non-hydrogen) atoms. The Kier molecular flexibility index (Phi) is 4.22. The Morgan fingerprint density at radius 3 is 2.23 bits per heavy atom. The van der Waals surface area contributed by atoms with Crippen molar-refractivity contribution in [2.45, 2.75) is 22.8 Å². The molecular weight excluding hydrogens is 350 g/mol. The molecule has 0 spiro atoms. The third-order valence-electron chi connectivity index (χ3n) is 4.00. The molecule has 0 saturated heterocycles. The number of ether oxygens (including phenoxy) is 1. The first-order valence-corrected chi connectivity index (χ1v) is 8.87. The molecule has 7 heteroatoms. The summed E-state index contributed by atoms with van der Waals surface area (Å²) in [5, 5.41) is 6.26. The van der Waals surface area contributed by atoms with E-state index in [0.29, 0.717) is 0 Å². The molecule has 3 aromatic rings. The van der Waals surface area contributed by atoms with Crippen LogP contribution in [0.25, 0.3) is 0 Å². The van der Waals surface area contributed by atoms with Gasteiger partial charge in [-0.2, -0.15) is 5.10 Å². The minimum atomic E-state index is -0.949. The van der Waals surface area contributed by atoms with Crippen molar-refractivity contribution in [2.75, 3.05) is 4.90 Å². The number of amides is 1. The van der Waals surface area contributed by atoms with Gasteiger partial charge in [-0.1, -0.05) is 36.0 Å². The van der Waals surface area contributed by atoms with Gasteiger partial charge in [-0.05, 0) is 37.3 Å². The normalized spacial score (nSPS) is 13.5. The van der Waals surface area contributed by atoms with Crippen LogP contribution in [0.3, 0.4) is 0 Å². The van der Waals surface area contributed by atoms with Crippen LogP contribution in [0.2, 0.25) is 0 Å². The number of aromatic nitrogens is 2. The molecule has 0 radical (unpaired) electrons. The molecule has 1 aromatic heterocycles. The predicted octanol–water partition coefficient (Wildman–Crippen LogP) is 3.78. The Hall–Kier alpha value is -3.06. The first kappa shape index (κ1) is 16.4. The van der Waals surface area contributed by atoms with Crippen molar-refractivity contribution in [2.24, 2.45) is 0 Å². The fraction of sp³-hybridized carbons (Fsp3) is 0.105. The smallest absolute Gasteiger partial charge is 0.357 e. The second-order valence-corrected chi connectivity index (χ2v) is 6.81. The van der Waals surface area contributed by atoms with Gasteiger partial charge in [-0.3, -0.25) is 14.8 Å². The number of para-hydroxylation sites is 2. The number of rotatable bonds is 3. The summed E-state index contributed by atoms with van der Waals surface area (Å²) in [6.07, 6.45) is 0.507. The van der Waals surface area contributed by atoms with Crippen LogP contribution in [0.4, 0.5) is 11.4 Å². The van der Waals surface area contributed by atoms with Gasteiger partial charge in [0.2, 0.25) is 0 Å². The largest absolute Gasteiger partial charge is 0.448 e. The van der Waals surface area contributed by atoms with Crippen LogP contribution < -0.4 is 4.90 Å². The first-order valence-electron chi connectivity index (χ1n) is 8.05. The number of hydrogen-bond acceptors (Lipinski definition) is 5. The lowest BCUT2D eigenvalue weighted by atomic mass is 10.2. The highest BCUT2D eigenvalue weighted by Gasteiger charge is 2.32. The maximum absolute atomic E-state index is 13.1. The molecule has 0 unspecified atom stereocenters. The minimum absolute atomic E-state index is 0.208. The van der Waals surface area contributed by atoms with E-state index in [9.17, 15) is 9.59 Å². The van der Waals surface area contributed by atoms with Gasteiger partial charge in [0.1, 0.15) is 5.69 Å². The zero-order valence-electron chi connectivity index (χ0n) is 13.9. The molecule has 1 aliphatic rings. The van der Waals surface area contributed by atoms with E-state index >= 15 is 0 Å². The average Bonchev–Trinajstić information content (AvgIpc) is 3.20. The fourth-order valence-corrected chi connectivity index (χ4v) is 3.83. The molecule has 1 amide bonds. The number of nitrogens with zero attached hydrogens (tertiary/aromatic N) is 2. The second kappa shape index (κ2) is 6.68. The molecule has 2 heterocycles. The minimum Gasteiger partial charge on any atom is -0.448 e. The van der Waals surface area contributed by atoms with E-state index in [0.717, 1.165) is 21.2 Å². The van der Waals surface area contributed by atoms with Gasteiger partial charge in [-0.15, -0.1) is 0 Å². The molecular formula is C19H15N3O3S. The van der Waals surface area contributed by atoms with Crippen molar-refractivity contribution >= 4 is 35.0 Å². The van der Waals surface area contributed by atoms with Gasteiger partial charge >= 0.3 is 5.97 Å². The molecule has 1 N–H and O–H groups in total. The molecule has 6 nitrogen and oxygen atoms in total. The number of H-pyrrole nitrogens is 1. The number of benzene rings is 2. The molecule has 0 aliphatic carbocycles. The van der Waals surface area contributed by atoms with Crippen LogP contribution >= 0.6 is 11.8 Å². The number of carbonyl (C=O) groups is 2. The Morgan fingerprint density at radius 2 is 1.65 bits per heavy atom. The van der Waals surface area contributed by atoms with Crippen molar-refractivity contribution in [3.05, 3.63) is 66.5 Å². The van der Waals surface area contributed by atoms with Crippen LogP contribution in [-0.2, 0) is 9.53 Å². The number of esters is 1. The highest BCUT2D eigenvalue weighted by atomic mass is 32.2. The summed E-state index contributed by atoms with van der Waals surface area (Å²) in [5.74, 6) is -0.922. The van der Waals surface area contributed by atoms with Crippen molar-refractivity contribution in [3.63, 3.8) is 0 Å². The molecule has 1 atom stereocenters. The molecule has 130 valence electrons. The van der Waals surface area contributed by atoms with E-state index in [1.165, 1.54) is 12.3 Å². The monoisotopic (exact) mass is 365 g/mol. The number of fused-ring (bicyclic) bond motifs is 2. The highest BCUT2D eigenvalue weighted by molar-refractivity contribution is 7.99. The van der Waals surface area contributed by atoms with Crippen molar-refractivity contribution < 1.29 is 14.3 Å². The van der Waals surface area contributed by atoms with Gasteiger partial charge < -0.3 is 4.74 Å². The van der Waals surface area contributed by atoms with Crippen LogP contribution in [0, 0.1) is 0 Å². The van der Waals surface area contributed by atoms with Crippen LogP contribution in [0.1, 0.15) is 17.4 Å². The SMILES string of the molecule is C[C@H](OC(=O)c1ccn[nH]1)C(=O)N1c2ccccc2Sc2ccccc21. The summed E-state index contributed by atoms with van der Waals surface area (Å²) < 4.78 is 5.33. The average molecular weight is 365 g/mol.